The first-order valence-electron chi connectivity index (χ1n) is 5.22. The molecular weight excluding hydrogens is 356 g/mol. The van der Waals surface area contributed by atoms with Gasteiger partial charge in [0.15, 0.2) is 0 Å². The van der Waals surface area contributed by atoms with Crippen LogP contribution in [-0.4, -0.2) is 4.98 Å². The smallest absolute Gasteiger partial charge is 0.145 e. The molecule has 1 aromatic carbocycles. The van der Waals surface area contributed by atoms with Gasteiger partial charge in [-0.2, -0.15) is 0 Å². The number of benzene rings is 1. The minimum Gasteiger partial charge on any atom is -0.397 e. The lowest BCUT2D eigenvalue weighted by Crippen LogP contribution is -2.00. The lowest BCUT2D eigenvalue weighted by molar-refractivity contribution is 0.628. The average molecular weight is 365 g/mol. The molecule has 0 amide bonds. The summed E-state index contributed by atoms with van der Waals surface area (Å²) in [4.78, 5) is 4.14. The molecule has 100 valence electrons. The zero-order valence-corrected chi connectivity index (χ0v) is 12.9. The van der Waals surface area contributed by atoms with E-state index >= 15 is 0 Å². The molecule has 0 fully saturated rings. The van der Waals surface area contributed by atoms with E-state index in [1.165, 1.54) is 18.3 Å². The average Bonchev–Trinajstić information content (AvgIpc) is 2.33. The van der Waals surface area contributed by atoms with Crippen molar-refractivity contribution in [3.63, 3.8) is 0 Å². The fraction of sp³-hybridized carbons (Fsp3) is 0.0833. The second-order valence-electron chi connectivity index (χ2n) is 3.87. The van der Waals surface area contributed by atoms with E-state index in [0.717, 1.165) is 5.56 Å². The van der Waals surface area contributed by atoms with Crippen molar-refractivity contribution >= 4 is 56.3 Å². The molecule has 7 heteroatoms. The second kappa shape index (κ2) is 5.53. The third-order valence-electron chi connectivity index (χ3n) is 2.55. The molecule has 19 heavy (non-hydrogen) atoms. The maximum absolute atomic E-state index is 13.1. The maximum Gasteiger partial charge on any atom is 0.145 e. The lowest BCUT2D eigenvalue weighted by atomic mass is 10.2. The molecule has 0 bridgehead atoms. The number of pyridine rings is 1. The largest absolute Gasteiger partial charge is 0.397 e. The number of hydrogen-bond acceptors (Lipinski definition) is 3. The summed E-state index contributed by atoms with van der Waals surface area (Å²) in [7, 11) is 0. The Morgan fingerprint density at radius 2 is 1.89 bits per heavy atom. The molecule has 0 aliphatic rings. The molecule has 0 atom stereocenters. The standard InChI is InChI=1S/C12H9BrCl2FN3/c1-5-9(17)4-18-12(10(5)13)19-11-7(14)2-6(16)3-8(11)15/h2-4H,17H2,1H3,(H,18,19). The minimum atomic E-state index is -0.499. The van der Waals surface area contributed by atoms with Gasteiger partial charge in [0.1, 0.15) is 11.6 Å². The van der Waals surface area contributed by atoms with Crippen LogP contribution in [-0.2, 0) is 0 Å². The van der Waals surface area contributed by atoms with Crippen molar-refractivity contribution in [1.82, 2.24) is 4.98 Å². The highest BCUT2D eigenvalue weighted by atomic mass is 79.9. The highest BCUT2D eigenvalue weighted by Crippen LogP contribution is 2.36. The summed E-state index contributed by atoms with van der Waals surface area (Å²) in [5.74, 6) is 0.00293. The Hall–Kier alpha value is -1.04. The van der Waals surface area contributed by atoms with Crippen LogP contribution in [0.4, 0.5) is 21.6 Å². The Morgan fingerprint density at radius 3 is 2.47 bits per heavy atom. The molecule has 2 aromatic rings. The van der Waals surface area contributed by atoms with Crippen LogP contribution in [0.5, 0.6) is 0 Å². The third kappa shape index (κ3) is 2.94. The molecule has 0 unspecified atom stereocenters. The van der Waals surface area contributed by atoms with E-state index in [-0.39, 0.29) is 10.0 Å². The number of nitrogens with one attached hydrogen (secondary N) is 1. The first-order valence-corrected chi connectivity index (χ1v) is 6.77. The zero-order chi connectivity index (χ0) is 14.2. The molecule has 1 aromatic heterocycles. The van der Waals surface area contributed by atoms with Gasteiger partial charge >= 0.3 is 0 Å². The number of rotatable bonds is 2. The molecule has 0 radical (unpaired) electrons. The van der Waals surface area contributed by atoms with E-state index in [1.807, 2.05) is 6.92 Å². The van der Waals surface area contributed by atoms with Gasteiger partial charge in [-0.15, -0.1) is 0 Å². The highest BCUT2D eigenvalue weighted by molar-refractivity contribution is 9.10. The Labute approximate surface area is 128 Å². The minimum absolute atomic E-state index is 0.174. The van der Waals surface area contributed by atoms with Crippen molar-refractivity contribution in [3.05, 3.63) is 44.2 Å². The van der Waals surface area contributed by atoms with Crippen molar-refractivity contribution in [2.45, 2.75) is 6.92 Å². The summed E-state index contributed by atoms with van der Waals surface area (Å²) in [5.41, 5.74) is 7.53. The number of anilines is 3. The van der Waals surface area contributed by atoms with Gasteiger partial charge in [-0.25, -0.2) is 9.37 Å². The first-order chi connectivity index (χ1) is 8.90. The van der Waals surface area contributed by atoms with Crippen LogP contribution in [0.3, 0.4) is 0 Å². The number of halogens is 4. The normalized spacial score (nSPS) is 10.6. The predicted octanol–water partition coefficient (Wildman–Crippen LogP) is 4.92. The Kier molecular flexibility index (Phi) is 4.18. The summed E-state index contributed by atoms with van der Waals surface area (Å²) < 4.78 is 13.8. The molecule has 3 N–H and O–H groups in total. The van der Waals surface area contributed by atoms with Crippen molar-refractivity contribution in [2.75, 3.05) is 11.1 Å². The summed E-state index contributed by atoms with van der Waals surface area (Å²) >= 11 is 15.3. The van der Waals surface area contributed by atoms with E-state index in [4.69, 9.17) is 28.9 Å². The first kappa shape index (κ1) is 14.4. The van der Waals surface area contributed by atoms with E-state index < -0.39 is 5.82 Å². The van der Waals surface area contributed by atoms with Gasteiger partial charge in [-0.1, -0.05) is 23.2 Å². The SMILES string of the molecule is Cc1c(N)cnc(Nc2c(Cl)cc(F)cc2Cl)c1Br. The molecule has 0 aliphatic heterocycles. The summed E-state index contributed by atoms with van der Waals surface area (Å²) in [6.07, 6.45) is 1.52. The topological polar surface area (TPSA) is 50.9 Å². The van der Waals surface area contributed by atoms with Gasteiger partial charge in [-0.05, 0) is 40.5 Å². The monoisotopic (exact) mass is 363 g/mol. The highest BCUT2D eigenvalue weighted by Gasteiger charge is 2.13. The van der Waals surface area contributed by atoms with Crippen LogP contribution in [0.25, 0.3) is 0 Å². The quantitative estimate of drug-likeness (QED) is 0.794. The molecule has 3 nitrogen and oxygen atoms in total. The molecule has 0 aliphatic carbocycles. The van der Waals surface area contributed by atoms with Gasteiger partial charge in [0.25, 0.3) is 0 Å². The number of aromatic nitrogens is 1. The van der Waals surface area contributed by atoms with E-state index in [2.05, 4.69) is 26.2 Å². The summed E-state index contributed by atoms with van der Waals surface area (Å²) in [5, 5.41) is 3.31. The second-order valence-corrected chi connectivity index (χ2v) is 5.48. The van der Waals surface area contributed by atoms with Crippen LogP contribution in [0.15, 0.2) is 22.8 Å². The van der Waals surface area contributed by atoms with Crippen molar-refractivity contribution < 1.29 is 4.39 Å². The van der Waals surface area contributed by atoms with Gasteiger partial charge in [0.2, 0.25) is 0 Å². The molecule has 0 saturated carbocycles. The Morgan fingerprint density at radius 1 is 1.32 bits per heavy atom. The Balaban J connectivity index is 2.45. The molecule has 2 rings (SSSR count). The van der Waals surface area contributed by atoms with Crippen LogP contribution in [0.2, 0.25) is 10.0 Å². The number of hydrogen-bond donors (Lipinski definition) is 2. The van der Waals surface area contributed by atoms with Gasteiger partial charge < -0.3 is 11.1 Å². The Bertz CT molecular complexity index is 626. The summed E-state index contributed by atoms with van der Waals surface area (Å²) in [6, 6.07) is 2.35. The van der Waals surface area contributed by atoms with Crippen molar-refractivity contribution in [2.24, 2.45) is 0 Å². The van der Waals surface area contributed by atoms with Crippen molar-refractivity contribution in [3.8, 4) is 0 Å². The molecular formula is C12H9BrCl2FN3. The third-order valence-corrected chi connectivity index (χ3v) is 4.12. The van der Waals surface area contributed by atoms with Crippen LogP contribution in [0, 0.1) is 12.7 Å². The van der Waals surface area contributed by atoms with Gasteiger partial charge in [-0.3, -0.25) is 0 Å². The van der Waals surface area contributed by atoms with Crippen LogP contribution >= 0.6 is 39.1 Å². The van der Waals surface area contributed by atoms with E-state index in [1.54, 1.807) is 0 Å². The summed E-state index contributed by atoms with van der Waals surface area (Å²) in [6.45, 7) is 1.85. The number of nitrogen functional groups attached to an aromatic ring is 1. The van der Waals surface area contributed by atoms with Crippen molar-refractivity contribution in [1.29, 1.82) is 0 Å². The molecule has 0 spiro atoms. The lowest BCUT2D eigenvalue weighted by Gasteiger charge is -2.13. The van der Waals surface area contributed by atoms with E-state index in [0.29, 0.717) is 21.7 Å². The number of nitrogens with two attached hydrogens (primary N) is 1. The fourth-order valence-corrected chi connectivity index (χ4v) is 2.44. The maximum atomic E-state index is 13.1. The van der Waals surface area contributed by atoms with Gasteiger partial charge in [0.05, 0.1) is 32.1 Å². The predicted molar refractivity (Wildman–Crippen MR) is 80.8 cm³/mol. The molecule has 1 heterocycles. The zero-order valence-electron chi connectivity index (χ0n) is 9.77. The van der Waals surface area contributed by atoms with Crippen LogP contribution < -0.4 is 11.1 Å². The molecule has 0 saturated heterocycles. The fourth-order valence-electron chi connectivity index (χ4n) is 1.46. The van der Waals surface area contributed by atoms with E-state index in [9.17, 15) is 4.39 Å². The van der Waals surface area contributed by atoms with Crippen LogP contribution in [0.1, 0.15) is 5.56 Å². The van der Waals surface area contributed by atoms with Gasteiger partial charge in [0, 0.05) is 0 Å². The number of nitrogens with zero attached hydrogens (tertiary/aromatic N) is 1.